The molecule has 0 aromatic heterocycles. The maximum absolute atomic E-state index is 13.5. The molecule has 0 spiro atoms. The van der Waals surface area contributed by atoms with Gasteiger partial charge in [0.2, 0.25) is 17.7 Å². The van der Waals surface area contributed by atoms with Crippen molar-refractivity contribution in [1.29, 1.82) is 0 Å². The summed E-state index contributed by atoms with van der Waals surface area (Å²) in [6.45, 7) is 10.2. The molecule has 9 amide bonds. The number of carbonyl (C=O) groups excluding carboxylic acids is 8. The molecule has 57 heavy (non-hydrogen) atoms. The number of nitrogens with two attached hydrogens (primary N) is 1. The van der Waals surface area contributed by atoms with Crippen LogP contribution in [0.25, 0.3) is 0 Å². The lowest BCUT2D eigenvalue weighted by Crippen LogP contribution is -2.54. The number of nitrogens with one attached hydrogen (secondary N) is 5. The third kappa shape index (κ3) is 18.2. The Hall–Kier alpha value is -5.72. The highest BCUT2D eigenvalue weighted by Gasteiger charge is 2.28. The van der Waals surface area contributed by atoms with Crippen molar-refractivity contribution in [3.63, 3.8) is 0 Å². The summed E-state index contributed by atoms with van der Waals surface area (Å²) >= 11 is 0. The van der Waals surface area contributed by atoms with Crippen molar-refractivity contribution < 1.29 is 47.8 Å². The molecule has 0 aliphatic carbocycles. The third-order valence-corrected chi connectivity index (χ3v) is 8.42. The number of nitrogens with zero attached hydrogens (tertiary/aromatic N) is 3. The fourth-order valence-corrected chi connectivity index (χ4v) is 5.24. The SMILES string of the molecule is CC(C)[C@H](NCCNC(=O)CCCN1C(=O)C=CC1=O)C(=O)N[C@@H](CCCNC(N)=O)C(=O)Nc1ccc(COC(=O)N(C)CCN(C)C(=O)OC(C)(C)C)cc1. The van der Waals surface area contributed by atoms with Gasteiger partial charge in [0.15, 0.2) is 0 Å². The van der Waals surface area contributed by atoms with Gasteiger partial charge in [-0.15, -0.1) is 0 Å². The van der Waals surface area contributed by atoms with E-state index in [0.29, 0.717) is 24.1 Å². The second kappa shape index (κ2) is 23.4. The van der Waals surface area contributed by atoms with Gasteiger partial charge in [-0.25, -0.2) is 14.4 Å². The monoisotopic (exact) mass is 801 g/mol. The summed E-state index contributed by atoms with van der Waals surface area (Å²) in [4.78, 5) is 102. The molecule has 0 saturated heterocycles. The van der Waals surface area contributed by atoms with Gasteiger partial charge in [0.1, 0.15) is 18.2 Å². The molecule has 1 aromatic carbocycles. The van der Waals surface area contributed by atoms with Crippen molar-refractivity contribution in [3.8, 4) is 0 Å². The molecule has 2 atom stereocenters. The number of benzene rings is 1. The number of urea groups is 1. The Labute approximate surface area is 333 Å². The minimum absolute atomic E-state index is 0.0426. The van der Waals surface area contributed by atoms with Gasteiger partial charge < -0.3 is 51.6 Å². The second-order valence-electron chi connectivity index (χ2n) is 14.8. The molecule has 0 bridgehead atoms. The molecule has 1 aromatic rings. The molecule has 0 radical (unpaired) electrons. The van der Waals surface area contributed by atoms with E-state index in [9.17, 15) is 38.4 Å². The normalized spacial score (nSPS) is 13.4. The van der Waals surface area contributed by atoms with Crippen LogP contribution in [0.15, 0.2) is 36.4 Å². The lowest BCUT2D eigenvalue weighted by atomic mass is 10.0. The Morgan fingerprint density at radius 2 is 1.44 bits per heavy atom. The lowest BCUT2D eigenvalue weighted by molar-refractivity contribution is -0.137. The van der Waals surface area contributed by atoms with Crippen molar-refractivity contribution >= 4 is 53.4 Å². The minimum Gasteiger partial charge on any atom is -0.445 e. The third-order valence-electron chi connectivity index (χ3n) is 8.42. The van der Waals surface area contributed by atoms with Crippen LogP contribution in [0.5, 0.6) is 0 Å². The average molecular weight is 802 g/mol. The van der Waals surface area contributed by atoms with E-state index in [4.69, 9.17) is 15.2 Å². The first-order valence-corrected chi connectivity index (χ1v) is 18.9. The summed E-state index contributed by atoms with van der Waals surface area (Å²) in [6.07, 6.45) is 2.22. The number of anilines is 1. The fraction of sp³-hybridized carbons (Fsp3) is 0.579. The highest BCUT2D eigenvalue weighted by molar-refractivity contribution is 6.12. The topological polar surface area (TPSA) is 251 Å². The predicted octanol–water partition coefficient (Wildman–Crippen LogP) is 1.43. The largest absolute Gasteiger partial charge is 0.445 e. The van der Waals surface area contributed by atoms with Crippen LogP contribution >= 0.6 is 0 Å². The number of amides is 9. The van der Waals surface area contributed by atoms with Gasteiger partial charge in [0, 0.05) is 77.6 Å². The summed E-state index contributed by atoms with van der Waals surface area (Å²) in [7, 11) is 3.13. The van der Waals surface area contributed by atoms with E-state index in [1.54, 1.807) is 59.1 Å². The van der Waals surface area contributed by atoms with E-state index in [0.717, 1.165) is 4.90 Å². The van der Waals surface area contributed by atoms with Gasteiger partial charge in [0.05, 0.1) is 6.04 Å². The Bertz CT molecular complexity index is 1580. The van der Waals surface area contributed by atoms with Crippen molar-refractivity contribution in [2.24, 2.45) is 11.7 Å². The number of hydrogen-bond donors (Lipinski definition) is 6. The van der Waals surface area contributed by atoms with E-state index in [-0.39, 0.29) is 70.5 Å². The molecule has 0 fully saturated rings. The molecule has 0 saturated carbocycles. The molecule has 2 rings (SSSR count). The summed E-state index contributed by atoms with van der Waals surface area (Å²) in [5, 5.41) is 13.9. The zero-order valence-electron chi connectivity index (χ0n) is 34.0. The van der Waals surface area contributed by atoms with Gasteiger partial charge in [-0.05, 0) is 63.6 Å². The van der Waals surface area contributed by atoms with E-state index >= 15 is 0 Å². The zero-order chi connectivity index (χ0) is 42.7. The number of primary amides is 1. The number of imide groups is 1. The van der Waals surface area contributed by atoms with Crippen molar-refractivity contribution in [2.45, 2.75) is 84.6 Å². The number of hydrogen-bond acceptors (Lipinski definition) is 11. The first kappa shape index (κ1) is 47.4. The van der Waals surface area contributed by atoms with E-state index < -0.39 is 59.5 Å². The van der Waals surface area contributed by atoms with Gasteiger partial charge >= 0.3 is 18.2 Å². The van der Waals surface area contributed by atoms with Crippen LogP contribution < -0.4 is 32.3 Å². The maximum atomic E-state index is 13.5. The van der Waals surface area contributed by atoms with E-state index in [1.165, 1.54) is 22.0 Å². The summed E-state index contributed by atoms with van der Waals surface area (Å²) < 4.78 is 10.7. The Morgan fingerprint density at radius 1 is 0.825 bits per heavy atom. The van der Waals surface area contributed by atoms with Crippen LogP contribution in [0.4, 0.5) is 20.1 Å². The maximum Gasteiger partial charge on any atom is 0.410 e. The molecule has 7 N–H and O–H groups in total. The standard InChI is InChI=1S/C38H59N9O10/c1-25(2)32(41-20-19-40-29(48)11-9-21-47-30(49)16-17-31(47)50)34(52)44-28(10-8-18-42-35(39)53)33(51)43-27-14-12-26(13-15-27)24-56-36(54)45(6)22-23-46(7)37(55)57-38(3,4)5/h12-17,25,28,32,41H,8-11,18-24H2,1-7H3,(H,40,48)(H,43,51)(H,44,52)(H3,39,42,53)/t28-,32-/m0/s1. The van der Waals surface area contributed by atoms with Crippen molar-refractivity contribution in [1.82, 2.24) is 36.0 Å². The highest BCUT2D eigenvalue weighted by Crippen LogP contribution is 2.14. The summed E-state index contributed by atoms with van der Waals surface area (Å²) in [5.41, 5.74) is 5.61. The molecule has 19 heteroatoms. The summed E-state index contributed by atoms with van der Waals surface area (Å²) in [6, 6.07) is 4.20. The van der Waals surface area contributed by atoms with Crippen LogP contribution in [0.2, 0.25) is 0 Å². The second-order valence-corrected chi connectivity index (χ2v) is 14.8. The molecule has 1 aliphatic rings. The smallest absolute Gasteiger partial charge is 0.410 e. The van der Waals surface area contributed by atoms with Gasteiger partial charge in [-0.1, -0.05) is 26.0 Å². The number of carbonyl (C=O) groups is 8. The van der Waals surface area contributed by atoms with Crippen LogP contribution in [0.3, 0.4) is 0 Å². The molecular weight excluding hydrogens is 742 g/mol. The summed E-state index contributed by atoms with van der Waals surface area (Å²) in [5.74, 6) is -2.20. The highest BCUT2D eigenvalue weighted by atomic mass is 16.6. The fourth-order valence-electron chi connectivity index (χ4n) is 5.24. The number of rotatable bonds is 22. The molecular formula is C38H59N9O10. The molecule has 0 unspecified atom stereocenters. The minimum atomic E-state index is -0.981. The Balaban J connectivity index is 1.89. The van der Waals surface area contributed by atoms with Crippen LogP contribution in [-0.2, 0) is 40.1 Å². The number of likely N-dealkylation sites (N-methyl/N-ethyl adjacent to an activating group) is 2. The van der Waals surface area contributed by atoms with Gasteiger partial charge in [-0.3, -0.25) is 28.9 Å². The number of ether oxygens (including phenoxy) is 2. The first-order chi connectivity index (χ1) is 26.8. The molecule has 1 aliphatic heterocycles. The Morgan fingerprint density at radius 3 is 2.02 bits per heavy atom. The Kier molecular flexibility index (Phi) is 19.4. The van der Waals surface area contributed by atoms with Crippen molar-refractivity contribution in [3.05, 3.63) is 42.0 Å². The van der Waals surface area contributed by atoms with Crippen LogP contribution in [0.1, 0.15) is 65.9 Å². The van der Waals surface area contributed by atoms with Gasteiger partial charge in [-0.2, -0.15) is 0 Å². The van der Waals surface area contributed by atoms with Crippen molar-refractivity contribution in [2.75, 3.05) is 58.7 Å². The predicted molar refractivity (Wildman–Crippen MR) is 210 cm³/mol. The molecule has 316 valence electrons. The van der Waals surface area contributed by atoms with E-state index in [2.05, 4.69) is 26.6 Å². The molecule has 1 heterocycles. The lowest BCUT2D eigenvalue weighted by Gasteiger charge is -2.26. The van der Waals surface area contributed by atoms with E-state index in [1.807, 2.05) is 13.8 Å². The van der Waals surface area contributed by atoms with Crippen LogP contribution in [-0.4, -0.2) is 134 Å². The average Bonchev–Trinajstić information content (AvgIpc) is 3.45. The molecule has 19 nitrogen and oxygen atoms in total. The zero-order valence-corrected chi connectivity index (χ0v) is 34.0. The quantitative estimate of drug-likeness (QED) is 0.0723. The van der Waals surface area contributed by atoms with Crippen LogP contribution in [0, 0.1) is 5.92 Å². The first-order valence-electron chi connectivity index (χ1n) is 18.9. The van der Waals surface area contributed by atoms with Gasteiger partial charge in [0.25, 0.3) is 11.8 Å².